The van der Waals surface area contributed by atoms with E-state index >= 15 is 0 Å². The van der Waals surface area contributed by atoms with Gasteiger partial charge in [-0.25, -0.2) is 0 Å². The standard InChI is InChI=1S/C15H20N4O/c1-19(14-4-5-14)8-7-18-15(20)13-9-12(3-2-6-16)10-17-11-13/h9-11,14H,4-8,16H2,1H3,(H,18,20). The smallest absolute Gasteiger partial charge is 0.252 e. The van der Waals surface area contributed by atoms with Crippen LogP contribution in [0.15, 0.2) is 18.5 Å². The van der Waals surface area contributed by atoms with Crippen molar-refractivity contribution in [3.05, 3.63) is 29.6 Å². The number of amides is 1. The van der Waals surface area contributed by atoms with Crippen molar-refractivity contribution in [1.29, 1.82) is 0 Å². The number of carbonyl (C=O) groups excluding carboxylic acids is 1. The second kappa shape index (κ2) is 7.04. The molecule has 1 amide bonds. The van der Waals surface area contributed by atoms with Crippen LogP contribution >= 0.6 is 0 Å². The largest absolute Gasteiger partial charge is 0.351 e. The van der Waals surface area contributed by atoms with E-state index in [-0.39, 0.29) is 5.91 Å². The van der Waals surface area contributed by atoms with Crippen molar-refractivity contribution in [2.24, 2.45) is 5.73 Å². The van der Waals surface area contributed by atoms with E-state index in [1.807, 2.05) is 0 Å². The Morgan fingerprint density at radius 1 is 1.55 bits per heavy atom. The fourth-order valence-electron chi connectivity index (χ4n) is 1.93. The summed E-state index contributed by atoms with van der Waals surface area (Å²) in [7, 11) is 2.09. The summed E-state index contributed by atoms with van der Waals surface area (Å²) in [6.45, 7) is 1.81. The number of aromatic nitrogens is 1. The van der Waals surface area contributed by atoms with Crippen molar-refractivity contribution >= 4 is 5.91 Å². The molecule has 1 heterocycles. The molecule has 2 rings (SSSR count). The second-order valence-electron chi connectivity index (χ2n) is 4.94. The lowest BCUT2D eigenvalue weighted by Crippen LogP contribution is -2.34. The molecule has 3 N–H and O–H groups in total. The first-order valence-corrected chi connectivity index (χ1v) is 6.83. The maximum Gasteiger partial charge on any atom is 0.252 e. The Morgan fingerprint density at radius 2 is 2.35 bits per heavy atom. The highest BCUT2D eigenvalue weighted by Gasteiger charge is 2.25. The number of rotatable bonds is 5. The van der Waals surface area contributed by atoms with Crippen LogP contribution in [0.2, 0.25) is 0 Å². The summed E-state index contributed by atoms with van der Waals surface area (Å²) in [5.74, 6) is 5.51. The summed E-state index contributed by atoms with van der Waals surface area (Å²) in [5, 5.41) is 2.90. The molecule has 0 aliphatic heterocycles. The Labute approximate surface area is 119 Å². The van der Waals surface area contributed by atoms with Crippen LogP contribution in [-0.4, -0.2) is 48.5 Å². The Bertz CT molecular complexity index is 528. The van der Waals surface area contributed by atoms with Crippen LogP contribution in [0.4, 0.5) is 0 Å². The van der Waals surface area contributed by atoms with Crippen LogP contribution in [0.5, 0.6) is 0 Å². The first kappa shape index (κ1) is 14.5. The molecule has 1 saturated carbocycles. The molecule has 1 aliphatic rings. The predicted molar refractivity (Wildman–Crippen MR) is 78.2 cm³/mol. The monoisotopic (exact) mass is 272 g/mol. The summed E-state index contributed by atoms with van der Waals surface area (Å²) in [6, 6.07) is 2.44. The Kier molecular flexibility index (Phi) is 5.10. The van der Waals surface area contributed by atoms with Gasteiger partial charge in [0.1, 0.15) is 0 Å². The molecular formula is C15H20N4O. The van der Waals surface area contributed by atoms with Gasteiger partial charge in [-0.3, -0.25) is 9.78 Å². The fraction of sp³-hybridized carbons (Fsp3) is 0.467. The van der Waals surface area contributed by atoms with Crippen molar-refractivity contribution in [2.45, 2.75) is 18.9 Å². The van der Waals surface area contributed by atoms with E-state index in [1.165, 1.54) is 12.8 Å². The van der Waals surface area contributed by atoms with E-state index in [0.29, 0.717) is 30.3 Å². The molecule has 1 fully saturated rings. The quantitative estimate of drug-likeness (QED) is 0.752. The van der Waals surface area contributed by atoms with Gasteiger partial charge in [-0.15, -0.1) is 0 Å². The van der Waals surface area contributed by atoms with Gasteiger partial charge in [-0.1, -0.05) is 11.8 Å². The lowest BCUT2D eigenvalue weighted by Gasteiger charge is -2.15. The van der Waals surface area contributed by atoms with Gasteiger partial charge in [0.25, 0.3) is 5.91 Å². The van der Waals surface area contributed by atoms with E-state index in [9.17, 15) is 4.79 Å². The zero-order valence-corrected chi connectivity index (χ0v) is 11.7. The third kappa shape index (κ3) is 4.34. The molecule has 1 aromatic rings. The third-order valence-electron chi connectivity index (χ3n) is 3.26. The average Bonchev–Trinajstić information content (AvgIpc) is 3.29. The number of nitrogens with zero attached hydrogens (tertiary/aromatic N) is 2. The third-order valence-corrected chi connectivity index (χ3v) is 3.26. The molecule has 1 aliphatic carbocycles. The number of carbonyl (C=O) groups is 1. The highest BCUT2D eigenvalue weighted by molar-refractivity contribution is 5.94. The maximum absolute atomic E-state index is 12.0. The summed E-state index contributed by atoms with van der Waals surface area (Å²) in [5.41, 5.74) is 6.56. The molecule has 1 aromatic heterocycles. The average molecular weight is 272 g/mol. The van der Waals surface area contributed by atoms with Crippen molar-refractivity contribution in [3.63, 3.8) is 0 Å². The van der Waals surface area contributed by atoms with E-state index < -0.39 is 0 Å². The maximum atomic E-state index is 12.0. The van der Waals surface area contributed by atoms with Gasteiger partial charge < -0.3 is 16.0 Å². The second-order valence-corrected chi connectivity index (χ2v) is 4.94. The summed E-state index contributed by atoms with van der Waals surface area (Å²) in [6.07, 6.45) is 5.72. The zero-order chi connectivity index (χ0) is 14.4. The van der Waals surface area contributed by atoms with Crippen LogP contribution in [0.1, 0.15) is 28.8 Å². The van der Waals surface area contributed by atoms with Gasteiger partial charge in [0.05, 0.1) is 12.1 Å². The van der Waals surface area contributed by atoms with Gasteiger partial charge in [0.15, 0.2) is 0 Å². The van der Waals surface area contributed by atoms with E-state index in [0.717, 1.165) is 6.54 Å². The van der Waals surface area contributed by atoms with Crippen molar-refractivity contribution < 1.29 is 4.79 Å². The molecular weight excluding hydrogens is 252 g/mol. The number of pyridine rings is 1. The van der Waals surface area contributed by atoms with Gasteiger partial charge in [0, 0.05) is 37.1 Å². The predicted octanol–water partition coefficient (Wildman–Crippen LogP) is 0.216. The number of likely N-dealkylation sites (N-methyl/N-ethyl adjacent to an activating group) is 1. The topological polar surface area (TPSA) is 71.2 Å². The van der Waals surface area contributed by atoms with Crippen molar-refractivity contribution in [3.8, 4) is 11.8 Å². The molecule has 0 radical (unpaired) electrons. The molecule has 20 heavy (non-hydrogen) atoms. The molecule has 0 bridgehead atoms. The first-order chi connectivity index (χ1) is 9.70. The van der Waals surface area contributed by atoms with Crippen LogP contribution in [0.25, 0.3) is 0 Å². The number of hydrogen-bond donors (Lipinski definition) is 2. The minimum Gasteiger partial charge on any atom is -0.351 e. The molecule has 5 heteroatoms. The molecule has 0 unspecified atom stereocenters. The van der Waals surface area contributed by atoms with Gasteiger partial charge >= 0.3 is 0 Å². The summed E-state index contributed by atoms with van der Waals surface area (Å²) in [4.78, 5) is 18.3. The van der Waals surface area contributed by atoms with Crippen LogP contribution in [-0.2, 0) is 0 Å². The first-order valence-electron chi connectivity index (χ1n) is 6.83. The lowest BCUT2D eigenvalue weighted by atomic mass is 10.2. The zero-order valence-electron chi connectivity index (χ0n) is 11.7. The molecule has 0 aromatic carbocycles. The minimum absolute atomic E-state index is 0.113. The fourth-order valence-corrected chi connectivity index (χ4v) is 1.93. The summed E-state index contributed by atoms with van der Waals surface area (Å²) < 4.78 is 0. The molecule has 0 spiro atoms. The number of nitrogens with two attached hydrogens (primary N) is 1. The van der Waals surface area contributed by atoms with E-state index in [4.69, 9.17) is 5.73 Å². The van der Waals surface area contributed by atoms with Gasteiger partial charge in [-0.05, 0) is 26.0 Å². The van der Waals surface area contributed by atoms with Crippen LogP contribution in [0, 0.1) is 11.8 Å². The number of nitrogens with one attached hydrogen (secondary N) is 1. The van der Waals surface area contributed by atoms with Crippen molar-refractivity contribution in [2.75, 3.05) is 26.7 Å². The van der Waals surface area contributed by atoms with Crippen LogP contribution < -0.4 is 11.1 Å². The Morgan fingerprint density at radius 3 is 3.05 bits per heavy atom. The molecule has 0 saturated heterocycles. The Balaban J connectivity index is 1.84. The lowest BCUT2D eigenvalue weighted by molar-refractivity contribution is 0.0949. The van der Waals surface area contributed by atoms with Crippen LogP contribution in [0.3, 0.4) is 0 Å². The Hall–Kier alpha value is -1.90. The normalized spacial score (nSPS) is 13.8. The van der Waals surface area contributed by atoms with Gasteiger partial charge in [0.2, 0.25) is 0 Å². The summed E-state index contributed by atoms with van der Waals surface area (Å²) >= 11 is 0. The highest BCUT2D eigenvalue weighted by Crippen LogP contribution is 2.24. The van der Waals surface area contributed by atoms with Crippen molar-refractivity contribution in [1.82, 2.24) is 15.2 Å². The molecule has 0 atom stereocenters. The van der Waals surface area contributed by atoms with E-state index in [2.05, 4.69) is 34.1 Å². The van der Waals surface area contributed by atoms with Gasteiger partial charge in [-0.2, -0.15) is 0 Å². The SMILES string of the molecule is CN(CCNC(=O)c1cncc(C#CCN)c1)C1CC1. The number of hydrogen-bond acceptors (Lipinski definition) is 4. The molecule has 5 nitrogen and oxygen atoms in total. The minimum atomic E-state index is -0.113. The molecule has 106 valence electrons. The van der Waals surface area contributed by atoms with E-state index in [1.54, 1.807) is 18.5 Å². The highest BCUT2D eigenvalue weighted by atomic mass is 16.1.